The van der Waals surface area contributed by atoms with Crippen LogP contribution < -0.4 is 4.74 Å². The molecule has 1 aromatic carbocycles. The van der Waals surface area contributed by atoms with Gasteiger partial charge in [0.15, 0.2) is 0 Å². The molecule has 0 atom stereocenters. The van der Waals surface area contributed by atoms with Crippen molar-refractivity contribution in [1.29, 1.82) is 0 Å². The quantitative estimate of drug-likeness (QED) is 0.509. The predicted octanol–water partition coefficient (Wildman–Crippen LogP) is 4.29. The fraction of sp³-hybridized carbons (Fsp3) is 0.333. The van der Waals surface area contributed by atoms with Gasteiger partial charge in [-0.3, -0.25) is 0 Å². The molecule has 1 rings (SSSR count). The van der Waals surface area contributed by atoms with Crippen LogP contribution in [0.25, 0.3) is 0 Å². The monoisotopic (exact) mass is 216 g/mol. The highest BCUT2D eigenvalue weighted by molar-refractivity contribution is 5.26. The minimum absolute atomic E-state index is 0.652. The molecule has 0 unspecified atom stereocenters. The number of aryl methyl sites for hydroxylation is 1. The largest absolute Gasteiger partial charge is 0.490 e. The summed E-state index contributed by atoms with van der Waals surface area (Å²) in [7, 11) is 0. The SMILES string of the molecule is C/C=C\CC/C=C/COc1ccc(C)cc1. The van der Waals surface area contributed by atoms with Gasteiger partial charge in [0.2, 0.25) is 0 Å². The standard InChI is InChI=1S/C15H20O/c1-3-4-5-6-7-8-13-16-15-11-9-14(2)10-12-15/h3-4,7-12H,5-6,13H2,1-2H3/b4-3-,8-7+. The van der Waals surface area contributed by atoms with Gasteiger partial charge in [-0.2, -0.15) is 0 Å². The first-order chi connectivity index (χ1) is 7.83. The first kappa shape index (κ1) is 12.6. The summed E-state index contributed by atoms with van der Waals surface area (Å²) in [6.07, 6.45) is 10.7. The average Bonchev–Trinajstić information content (AvgIpc) is 2.30. The Balaban J connectivity index is 2.17. The fourth-order valence-electron chi connectivity index (χ4n) is 1.32. The van der Waals surface area contributed by atoms with Crippen LogP contribution in [0.1, 0.15) is 25.3 Å². The first-order valence-corrected chi connectivity index (χ1v) is 5.78. The van der Waals surface area contributed by atoms with Gasteiger partial charge in [0.05, 0.1) is 0 Å². The van der Waals surface area contributed by atoms with E-state index < -0.39 is 0 Å². The van der Waals surface area contributed by atoms with Crippen molar-refractivity contribution in [2.75, 3.05) is 6.61 Å². The highest BCUT2D eigenvalue weighted by Gasteiger charge is 1.89. The Hall–Kier alpha value is -1.50. The summed E-state index contributed by atoms with van der Waals surface area (Å²) >= 11 is 0. The van der Waals surface area contributed by atoms with Crippen LogP contribution in [0.5, 0.6) is 5.75 Å². The zero-order valence-corrected chi connectivity index (χ0v) is 10.1. The topological polar surface area (TPSA) is 9.23 Å². The molecular weight excluding hydrogens is 196 g/mol. The second-order valence-corrected chi connectivity index (χ2v) is 3.74. The highest BCUT2D eigenvalue weighted by atomic mass is 16.5. The molecule has 16 heavy (non-hydrogen) atoms. The van der Waals surface area contributed by atoms with Crippen molar-refractivity contribution in [3.8, 4) is 5.75 Å². The highest BCUT2D eigenvalue weighted by Crippen LogP contribution is 2.11. The molecule has 1 nitrogen and oxygen atoms in total. The molecule has 0 aliphatic rings. The molecule has 0 saturated carbocycles. The molecule has 1 heteroatoms. The number of benzene rings is 1. The summed E-state index contributed by atoms with van der Waals surface area (Å²) < 4.78 is 5.56. The van der Waals surface area contributed by atoms with E-state index in [1.54, 1.807) is 0 Å². The molecule has 0 spiro atoms. The average molecular weight is 216 g/mol. The molecule has 0 aromatic heterocycles. The number of hydrogen-bond acceptors (Lipinski definition) is 1. The van der Waals surface area contributed by atoms with Crippen LogP contribution in [-0.2, 0) is 0 Å². The summed E-state index contributed by atoms with van der Waals surface area (Å²) in [5, 5.41) is 0. The van der Waals surface area contributed by atoms with Crippen LogP contribution in [-0.4, -0.2) is 6.61 Å². The zero-order valence-electron chi connectivity index (χ0n) is 10.1. The predicted molar refractivity (Wildman–Crippen MR) is 69.9 cm³/mol. The van der Waals surface area contributed by atoms with Gasteiger partial charge in [0, 0.05) is 0 Å². The summed E-state index contributed by atoms with van der Waals surface area (Å²) in [4.78, 5) is 0. The number of ether oxygens (including phenoxy) is 1. The van der Waals surface area contributed by atoms with E-state index in [1.807, 2.05) is 19.1 Å². The molecule has 0 bridgehead atoms. The second kappa shape index (κ2) is 7.75. The number of allylic oxidation sites excluding steroid dienone is 3. The van der Waals surface area contributed by atoms with E-state index in [9.17, 15) is 0 Å². The van der Waals surface area contributed by atoms with Gasteiger partial charge in [-0.25, -0.2) is 0 Å². The van der Waals surface area contributed by atoms with Crippen LogP contribution in [0.3, 0.4) is 0 Å². The van der Waals surface area contributed by atoms with Crippen molar-refractivity contribution in [1.82, 2.24) is 0 Å². The Morgan fingerprint density at radius 2 is 1.69 bits per heavy atom. The maximum atomic E-state index is 5.56. The third-order valence-corrected chi connectivity index (χ3v) is 2.27. The summed E-state index contributed by atoms with van der Waals surface area (Å²) in [6.45, 7) is 4.77. The van der Waals surface area contributed by atoms with Crippen molar-refractivity contribution in [2.24, 2.45) is 0 Å². The Kier molecular flexibility index (Phi) is 6.09. The lowest BCUT2D eigenvalue weighted by Crippen LogP contribution is -1.92. The Morgan fingerprint density at radius 1 is 1.00 bits per heavy atom. The third kappa shape index (κ3) is 5.40. The minimum atomic E-state index is 0.652. The van der Waals surface area contributed by atoms with Crippen LogP contribution in [0.2, 0.25) is 0 Å². The van der Waals surface area contributed by atoms with Crippen LogP contribution in [0.4, 0.5) is 0 Å². The first-order valence-electron chi connectivity index (χ1n) is 5.78. The molecule has 0 aliphatic heterocycles. The van der Waals surface area contributed by atoms with Gasteiger partial charge < -0.3 is 4.74 Å². The normalized spacial score (nSPS) is 11.4. The zero-order chi connectivity index (χ0) is 11.6. The molecular formula is C15H20O. The molecule has 86 valence electrons. The lowest BCUT2D eigenvalue weighted by atomic mass is 10.2. The van der Waals surface area contributed by atoms with Crippen molar-refractivity contribution >= 4 is 0 Å². The molecule has 0 radical (unpaired) electrons. The van der Waals surface area contributed by atoms with Gasteiger partial charge in [0.25, 0.3) is 0 Å². The summed E-state index contributed by atoms with van der Waals surface area (Å²) in [6, 6.07) is 8.13. The maximum Gasteiger partial charge on any atom is 0.119 e. The van der Waals surface area contributed by atoms with Gasteiger partial charge in [-0.05, 0) is 38.8 Å². The molecule has 0 N–H and O–H groups in total. The van der Waals surface area contributed by atoms with Gasteiger partial charge >= 0.3 is 0 Å². The molecule has 0 aliphatic carbocycles. The lowest BCUT2D eigenvalue weighted by Gasteiger charge is -2.02. The van der Waals surface area contributed by atoms with Crippen LogP contribution in [0.15, 0.2) is 48.6 Å². The van der Waals surface area contributed by atoms with E-state index in [0.717, 1.165) is 18.6 Å². The summed E-state index contributed by atoms with van der Waals surface area (Å²) in [5.41, 5.74) is 1.26. The third-order valence-electron chi connectivity index (χ3n) is 2.27. The molecule has 0 saturated heterocycles. The van der Waals surface area contributed by atoms with Crippen LogP contribution >= 0.6 is 0 Å². The molecule has 0 fully saturated rings. The second-order valence-electron chi connectivity index (χ2n) is 3.74. The minimum Gasteiger partial charge on any atom is -0.490 e. The number of hydrogen-bond donors (Lipinski definition) is 0. The van der Waals surface area contributed by atoms with Gasteiger partial charge in [-0.1, -0.05) is 42.0 Å². The summed E-state index contributed by atoms with van der Waals surface area (Å²) in [5.74, 6) is 0.934. The van der Waals surface area contributed by atoms with E-state index >= 15 is 0 Å². The van der Waals surface area contributed by atoms with Crippen molar-refractivity contribution < 1.29 is 4.74 Å². The van der Waals surface area contributed by atoms with Gasteiger partial charge in [0.1, 0.15) is 12.4 Å². The lowest BCUT2D eigenvalue weighted by molar-refractivity contribution is 0.362. The van der Waals surface area contributed by atoms with E-state index in [4.69, 9.17) is 4.74 Å². The Morgan fingerprint density at radius 3 is 2.38 bits per heavy atom. The molecule has 0 amide bonds. The van der Waals surface area contributed by atoms with E-state index in [0.29, 0.717) is 6.61 Å². The van der Waals surface area contributed by atoms with Crippen molar-refractivity contribution in [3.63, 3.8) is 0 Å². The fourth-order valence-corrected chi connectivity index (χ4v) is 1.32. The molecule has 1 aromatic rings. The Bertz CT molecular complexity index is 333. The number of rotatable bonds is 6. The Labute approximate surface area is 98.5 Å². The maximum absolute atomic E-state index is 5.56. The van der Waals surface area contributed by atoms with Crippen LogP contribution in [0, 0.1) is 6.92 Å². The molecule has 0 heterocycles. The van der Waals surface area contributed by atoms with E-state index in [2.05, 4.69) is 43.4 Å². The number of unbranched alkanes of at least 4 members (excludes halogenated alkanes) is 1. The van der Waals surface area contributed by atoms with Gasteiger partial charge in [-0.15, -0.1) is 0 Å². The van der Waals surface area contributed by atoms with E-state index in [-0.39, 0.29) is 0 Å². The smallest absolute Gasteiger partial charge is 0.119 e. The van der Waals surface area contributed by atoms with E-state index in [1.165, 1.54) is 5.56 Å². The van der Waals surface area contributed by atoms with Crippen molar-refractivity contribution in [3.05, 3.63) is 54.1 Å². The van der Waals surface area contributed by atoms with Crippen molar-refractivity contribution in [2.45, 2.75) is 26.7 Å².